The zero-order chi connectivity index (χ0) is 17.5. The normalized spacial score (nSPS) is 10.5. The lowest BCUT2D eigenvalue weighted by molar-refractivity contribution is 0.0954. The molecule has 0 spiro atoms. The molecule has 0 fully saturated rings. The summed E-state index contributed by atoms with van der Waals surface area (Å²) in [6.45, 7) is 4.44. The van der Waals surface area contributed by atoms with Crippen LogP contribution in [0.3, 0.4) is 0 Å². The van der Waals surface area contributed by atoms with E-state index in [4.69, 9.17) is 4.74 Å². The van der Waals surface area contributed by atoms with Gasteiger partial charge in [0, 0.05) is 38.9 Å². The van der Waals surface area contributed by atoms with E-state index in [1.165, 1.54) is 6.07 Å². The monoisotopic (exact) mass is 370 g/mol. The molecule has 0 aliphatic rings. The fraction of sp³-hybridized carbons (Fsp3) is 0.438. The van der Waals surface area contributed by atoms with Gasteiger partial charge in [-0.2, -0.15) is 0 Å². The number of rotatable bonds is 8. The highest BCUT2D eigenvalue weighted by Crippen LogP contribution is 2.09. The number of fused-ring (bicyclic) bond motifs is 1. The molecule has 0 saturated carbocycles. The number of benzene rings is 1. The Hall–Kier alpha value is -2.16. The Morgan fingerprint density at radius 2 is 2.00 bits per heavy atom. The standard InChI is InChI=1S/C16H22N4O4.ClH/c1-3-20-15(22)12-5-4-11(10-13(12)19-16(20)23)14(21)18-7-6-17-8-9-24-2;/h4-5,10,17H,3,6-9H2,1-2H3,(H,18,21)(H,19,23);1H. The van der Waals surface area contributed by atoms with Crippen LogP contribution < -0.4 is 21.9 Å². The van der Waals surface area contributed by atoms with Gasteiger partial charge in [-0.25, -0.2) is 4.79 Å². The lowest BCUT2D eigenvalue weighted by Gasteiger charge is -2.08. The number of aromatic nitrogens is 2. The summed E-state index contributed by atoms with van der Waals surface area (Å²) in [5.74, 6) is -0.258. The van der Waals surface area contributed by atoms with E-state index in [0.717, 1.165) is 4.57 Å². The van der Waals surface area contributed by atoms with Gasteiger partial charge in [0.05, 0.1) is 17.5 Å². The maximum atomic E-state index is 12.2. The third kappa shape index (κ3) is 5.15. The lowest BCUT2D eigenvalue weighted by Crippen LogP contribution is -2.35. The van der Waals surface area contributed by atoms with Crippen molar-refractivity contribution in [3.05, 3.63) is 44.6 Å². The van der Waals surface area contributed by atoms with E-state index < -0.39 is 5.69 Å². The Morgan fingerprint density at radius 1 is 1.24 bits per heavy atom. The minimum atomic E-state index is -0.477. The first-order valence-electron chi connectivity index (χ1n) is 7.83. The van der Waals surface area contributed by atoms with Gasteiger partial charge >= 0.3 is 5.69 Å². The minimum absolute atomic E-state index is 0. The number of hydrogen-bond acceptors (Lipinski definition) is 5. The van der Waals surface area contributed by atoms with Gasteiger partial charge in [0.1, 0.15) is 0 Å². The van der Waals surface area contributed by atoms with Gasteiger partial charge in [-0.15, -0.1) is 12.4 Å². The van der Waals surface area contributed by atoms with Crippen LogP contribution in [0.15, 0.2) is 27.8 Å². The van der Waals surface area contributed by atoms with E-state index in [1.54, 1.807) is 26.2 Å². The highest BCUT2D eigenvalue weighted by Gasteiger charge is 2.10. The van der Waals surface area contributed by atoms with E-state index in [2.05, 4.69) is 15.6 Å². The summed E-state index contributed by atoms with van der Waals surface area (Å²) in [5.41, 5.74) is -0.0790. The van der Waals surface area contributed by atoms with Crippen LogP contribution in [0.2, 0.25) is 0 Å². The van der Waals surface area contributed by atoms with Crippen LogP contribution in [0.1, 0.15) is 17.3 Å². The molecule has 1 heterocycles. The molecule has 0 atom stereocenters. The molecule has 0 unspecified atom stereocenters. The van der Waals surface area contributed by atoms with E-state index in [1.807, 2.05) is 0 Å². The number of halogens is 1. The van der Waals surface area contributed by atoms with Crippen molar-refractivity contribution >= 4 is 29.2 Å². The predicted molar refractivity (Wildman–Crippen MR) is 98.8 cm³/mol. The first-order chi connectivity index (χ1) is 11.6. The van der Waals surface area contributed by atoms with E-state index in [0.29, 0.717) is 49.3 Å². The fourth-order valence-electron chi connectivity index (χ4n) is 2.35. The fourth-order valence-corrected chi connectivity index (χ4v) is 2.35. The maximum Gasteiger partial charge on any atom is 0.328 e. The summed E-state index contributed by atoms with van der Waals surface area (Å²) in [5, 5.41) is 6.28. The summed E-state index contributed by atoms with van der Waals surface area (Å²) < 4.78 is 6.03. The summed E-state index contributed by atoms with van der Waals surface area (Å²) in [4.78, 5) is 38.8. The second-order valence-electron chi connectivity index (χ2n) is 5.24. The quantitative estimate of drug-likeness (QED) is 0.571. The SMILES string of the molecule is CCn1c(=O)[nH]c2cc(C(=O)NCCNCCOC)ccc2c1=O.Cl. The molecule has 0 aliphatic carbocycles. The topological polar surface area (TPSA) is 105 Å². The molecule has 8 nitrogen and oxygen atoms in total. The molecule has 0 radical (unpaired) electrons. The van der Waals surface area contributed by atoms with Crippen LogP contribution in [-0.4, -0.2) is 48.8 Å². The molecule has 3 N–H and O–H groups in total. The van der Waals surface area contributed by atoms with Crippen LogP contribution >= 0.6 is 12.4 Å². The third-order valence-electron chi connectivity index (χ3n) is 3.63. The highest BCUT2D eigenvalue weighted by atomic mass is 35.5. The van der Waals surface area contributed by atoms with Gasteiger partial charge in [0.2, 0.25) is 0 Å². The Balaban J connectivity index is 0.00000312. The van der Waals surface area contributed by atoms with Crippen molar-refractivity contribution in [3.63, 3.8) is 0 Å². The largest absolute Gasteiger partial charge is 0.383 e. The summed E-state index contributed by atoms with van der Waals surface area (Å²) in [6.07, 6.45) is 0. The van der Waals surface area contributed by atoms with E-state index >= 15 is 0 Å². The molecule has 0 aliphatic heterocycles. The average molecular weight is 371 g/mol. The maximum absolute atomic E-state index is 12.2. The highest BCUT2D eigenvalue weighted by molar-refractivity contribution is 5.97. The number of ether oxygens (including phenoxy) is 1. The summed E-state index contributed by atoms with van der Waals surface area (Å²) in [6, 6.07) is 4.66. The molecule has 0 bridgehead atoms. The Labute approximate surface area is 151 Å². The Kier molecular flexibility index (Phi) is 8.33. The Bertz CT molecular complexity index is 831. The van der Waals surface area contributed by atoms with Crippen LogP contribution in [0.5, 0.6) is 0 Å². The number of methoxy groups -OCH3 is 1. The molecule has 9 heteroatoms. The van der Waals surface area contributed by atoms with Gasteiger partial charge in [-0.1, -0.05) is 0 Å². The molecule has 25 heavy (non-hydrogen) atoms. The number of amides is 1. The van der Waals surface area contributed by atoms with Crippen LogP contribution in [0.25, 0.3) is 10.9 Å². The van der Waals surface area contributed by atoms with Gasteiger partial charge in [-0.05, 0) is 25.1 Å². The summed E-state index contributed by atoms with van der Waals surface area (Å²) >= 11 is 0. The number of nitrogens with zero attached hydrogens (tertiary/aromatic N) is 1. The van der Waals surface area contributed by atoms with Gasteiger partial charge < -0.3 is 20.4 Å². The molecule has 138 valence electrons. The molecule has 2 aromatic rings. The first-order valence-corrected chi connectivity index (χ1v) is 7.83. The van der Waals surface area contributed by atoms with Crippen LogP contribution in [-0.2, 0) is 11.3 Å². The second-order valence-corrected chi connectivity index (χ2v) is 5.24. The van der Waals surface area contributed by atoms with Crippen LogP contribution in [0, 0.1) is 0 Å². The molecular weight excluding hydrogens is 348 g/mol. The van der Waals surface area contributed by atoms with Crippen molar-refractivity contribution in [1.29, 1.82) is 0 Å². The van der Waals surface area contributed by atoms with Crippen molar-refractivity contribution in [2.45, 2.75) is 13.5 Å². The number of nitrogens with one attached hydrogen (secondary N) is 3. The van der Waals surface area contributed by atoms with Crippen molar-refractivity contribution in [1.82, 2.24) is 20.2 Å². The zero-order valence-electron chi connectivity index (χ0n) is 14.3. The Morgan fingerprint density at radius 3 is 2.68 bits per heavy atom. The molecule has 1 aromatic heterocycles. The minimum Gasteiger partial charge on any atom is -0.383 e. The van der Waals surface area contributed by atoms with Crippen molar-refractivity contribution in [3.8, 4) is 0 Å². The molecule has 1 amide bonds. The van der Waals surface area contributed by atoms with Gasteiger partial charge in [0.25, 0.3) is 11.5 Å². The van der Waals surface area contributed by atoms with E-state index in [-0.39, 0.29) is 23.9 Å². The smallest absolute Gasteiger partial charge is 0.328 e. The van der Waals surface area contributed by atoms with Gasteiger partial charge in [0.15, 0.2) is 0 Å². The third-order valence-corrected chi connectivity index (χ3v) is 3.63. The van der Waals surface area contributed by atoms with Crippen molar-refractivity contribution in [2.75, 3.05) is 33.4 Å². The zero-order valence-corrected chi connectivity index (χ0v) is 15.1. The number of carbonyl (C=O) groups is 1. The molecular formula is C16H23ClN4O4. The number of hydrogen-bond donors (Lipinski definition) is 3. The van der Waals surface area contributed by atoms with Crippen molar-refractivity contribution < 1.29 is 9.53 Å². The second kappa shape index (κ2) is 9.97. The lowest BCUT2D eigenvalue weighted by atomic mass is 10.1. The summed E-state index contributed by atoms with van der Waals surface area (Å²) in [7, 11) is 1.63. The molecule has 0 saturated heterocycles. The number of carbonyl (C=O) groups excluding carboxylic acids is 1. The molecule has 2 rings (SSSR count). The number of aromatic amines is 1. The van der Waals surface area contributed by atoms with Gasteiger partial charge in [-0.3, -0.25) is 14.2 Å². The van der Waals surface area contributed by atoms with Crippen LogP contribution in [0.4, 0.5) is 0 Å². The van der Waals surface area contributed by atoms with E-state index in [9.17, 15) is 14.4 Å². The number of H-pyrrole nitrogens is 1. The molecule has 1 aromatic carbocycles. The first kappa shape index (κ1) is 20.9. The van der Waals surface area contributed by atoms with Crippen molar-refractivity contribution in [2.24, 2.45) is 0 Å². The average Bonchev–Trinajstić information content (AvgIpc) is 2.57. The predicted octanol–water partition coefficient (Wildman–Crippen LogP) is 0.0973.